The Kier molecular flexibility index (Phi) is 4.37. The number of nitrogens with two attached hydrogens (primary N) is 1. The molecule has 2 N–H and O–H groups in total. The number of allylic oxidation sites excluding steroid dienone is 1. The van der Waals surface area contributed by atoms with E-state index in [4.69, 9.17) is 5.73 Å². The maximum absolute atomic E-state index is 5.89. The van der Waals surface area contributed by atoms with Gasteiger partial charge in [-0.05, 0) is 32.1 Å². The molecule has 1 unspecified atom stereocenters. The molecule has 70 valence electrons. The third-order valence-electron chi connectivity index (χ3n) is 2.59. The zero-order valence-electron chi connectivity index (χ0n) is 8.18. The Morgan fingerprint density at radius 1 is 1.58 bits per heavy atom. The summed E-state index contributed by atoms with van der Waals surface area (Å²) in [5, 5.41) is 0. The van der Waals surface area contributed by atoms with Crippen LogP contribution in [0, 0.1) is 0 Å². The maximum atomic E-state index is 5.89. The van der Waals surface area contributed by atoms with Crippen molar-refractivity contribution < 1.29 is 0 Å². The van der Waals surface area contributed by atoms with Crippen LogP contribution in [0.3, 0.4) is 0 Å². The van der Waals surface area contributed by atoms with Gasteiger partial charge in [-0.25, -0.2) is 0 Å². The Morgan fingerprint density at radius 3 is 3.08 bits per heavy atom. The molecule has 0 saturated heterocycles. The van der Waals surface area contributed by atoms with Gasteiger partial charge in [0, 0.05) is 6.04 Å². The first kappa shape index (κ1) is 9.79. The minimum absolute atomic E-state index is 0.451. The van der Waals surface area contributed by atoms with Crippen molar-refractivity contribution in [2.45, 2.75) is 57.9 Å². The zero-order chi connectivity index (χ0) is 8.81. The summed E-state index contributed by atoms with van der Waals surface area (Å²) in [6, 6.07) is 0.451. The van der Waals surface area contributed by atoms with Gasteiger partial charge < -0.3 is 5.73 Å². The lowest BCUT2D eigenvalue weighted by Gasteiger charge is -2.20. The van der Waals surface area contributed by atoms with Gasteiger partial charge in [-0.3, -0.25) is 0 Å². The second-order valence-corrected chi connectivity index (χ2v) is 3.86. The standard InChI is InChI=1S/C11H21N/c1-2-3-4-6-10-7-5-8-11(12)9-10/h6,11H,2-5,7-9,12H2,1H3/b10-6-. The molecular weight excluding hydrogens is 146 g/mol. The largest absolute Gasteiger partial charge is 0.327 e. The van der Waals surface area contributed by atoms with Gasteiger partial charge >= 0.3 is 0 Å². The fraction of sp³-hybridized carbons (Fsp3) is 0.818. The van der Waals surface area contributed by atoms with Crippen LogP contribution < -0.4 is 5.73 Å². The average molecular weight is 167 g/mol. The van der Waals surface area contributed by atoms with Crippen molar-refractivity contribution in [1.82, 2.24) is 0 Å². The lowest BCUT2D eigenvalue weighted by atomic mass is 9.90. The van der Waals surface area contributed by atoms with Crippen molar-refractivity contribution >= 4 is 0 Å². The van der Waals surface area contributed by atoms with Crippen molar-refractivity contribution in [2.24, 2.45) is 5.73 Å². The summed E-state index contributed by atoms with van der Waals surface area (Å²) in [6.45, 7) is 2.24. The Balaban J connectivity index is 2.25. The van der Waals surface area contributed by atoms with Gasteiger partial charge in [-0.15, -0.1) is 0 Å². The number of hydrogen-bond donors (Lipinski definition) is 1. The molecule has 0 bridgehead atoms. The smallest absolute Gasteiger partial charge is 0.00761 e. The molecule has 12 heavy (non-hydrogen) atoms. The monoisotopic (exact) mass is 167 g/mol. The Bertz CT molecular complexity index is 149. The Morgan fingerprint density at radius 2 is 2.42 bits per heavy atom. The van der Waals surface area contributed by atoms with E-state index in [1.165, 1.54) is 38.5 Å². The summed E-state index contributed by atoms with van der Waals surface area (Å²) in [4.78, 5) is 0. The maximum Gasteiger partial charge on any atom is 0.00761 e. The molecule has 1 heteroatoms. The second kappa shape index (κ2) is 5.36. The van der Waals surface area contributed by atoms with Crippen LogP contribution in [0.5, 0.6) is 0 Å². The molecule has 1 aliphatic carbocycles. The molecule has 0 aromatic rings. The number of hydrogen-bond acceptors (Lipinski definition) is 1. The van der Waals surface area contributed by atoms with E-state index in [2.05, 4.69) is 13.0 Å². The SMILES string of the molecule is CCCC/C=C1/CCCC(N)C1. The first-order valence-electron chi connectivity index (χ1n) is 5.26. The molecule has 0 aliphatic heterocycles. The molecule has 1 fully saturated rings. The molecule has 0 radical (unpaired) electrons. The minimum Gasteiger partial charge on any atom is -0.327 e. The summed E-state index contributed by atoms with van der Waals surface area (Å²) in [7, 11) is 0. The lowest BCUT2D eigenvalue weighted by Crippen LogP contribution is -2.23. The normalized spacial score (nSPS) is 27.8. The van der Waals surface area contributed by atoms with Crippen molar-refractivity contribution in [3.05, 3.63) is 11.6 Å². The Labute approximate surface area is 76.0 Å². The molecule has 0 aromatic carbocycles. The lowest BCUT2D eigenvalue weighted by molar-refractivity contribution is 0.515. The van der Waals surface area contributed by atoms with Crippen LogP contribution in [-0.4, -0.2) is 6.04 Å². The highest BCUT2D eigenvalue weighted by molar-refractivity contribution is 5.06. The molecule has 1 nitrogen and oxygen atoms in total. The molecule has 0 aromatic heterocycles. The molecule has 0 spiro atoms. The summed E-state index contributed by atoms with van der Waals surface area (Å²) in [6.07, 6.45) is 11.3. The minimum atomic E-state index is 0.451. The molecular formula is C11H21N. The highest BCUT2D eigenvalue weighted by Gasteiger charge is 2.11. The van der Waals surface area contributed by atoms with Crippen LogP contribution in [0.1, 0.15) is 51.9 Å². The quantitative estimate of drug-likeness (QED) is 0.507. The third kappa shape index (κ3) is 3.40. The summed E-state index contributed by atoms with van der Waals surface area (Å²) >= 11 is 0. The van der Waals surface area contributed by atoms with Gasteiger partial charge in [0.25, 0.3) is 0 Å². The van der Waals surface area contributed by atoms with E-state index < -0.39 is 0 Å². The highest BCUT2D eigenvalue weighted by Crippen LogP contribution is 2.22. The van der Waals surface area contributed by atoms with Gasteiger partial charge in [0.2, 0.25) is 0 Å². The van der Waals surface area contributed by atoms with Crippen molar-refractivity contribution in [1.29, 1.82) is 0 Å². The van der Waals surface area contributed by atoms with Gasteiger partial charge in [-0.1, -0.05) is 31.4 Å². The van der Waals surface area contributed by atoms with Gasteiger partial charge in [0.15, 0.2) is 0 Å². The van der Waals surface area contributed by atoms with Crippen molar-refractivity contribution in [3.63, 3.8) is 0 Å². The van der Waals surface area contributed by atoms with Crippen LogP contribution in [-0.2, 0) is 0 Å². The molecule has 1 atom stereocenters. The van der Waals surface area contributed by atoms with Crippen molar-refractivity contribution in [2.75, 3.05) is 0 Å². The summed E-state index contributed by atoms with van der Waals surface area (Å²) in [5.41, 5.74) is 7.50. The van der Waals surface area contributed by atoms with E-state index >= 15 is 0 Å². The fourth-order valence-electron chi connectivity index (χ4n) is 1.83. The predicted molar refractivity (Wildman–Crippen MR) is 54.1 cm³/mol. The van der Waals surface area contributed by atoms with Crippen molar-refractivity contribution in [3.8, 4) is 0 Å². The molecule has 0 amide bonds. The first-order chi connectivity index (χ1) is 5.83. The first-order valence-corrected chi connectivity index (χ1v) is 5.26. The number of unbranched alkanes of at least 4 members (excludes halogenated alkanes) is 2. The molecule has 1 aliphatic rings. The van der Waals surface area contributed by atoms with Crippen LogP contribution in [0.4, 0.5) is 0 Å². The van der Waals surface area contributed by atoms with E-state index in [1.54, 1.807) is 5.57 Å². The third-order valence-corrected chi connectivity index (χ3v) is 2.59. The molecule has 1 saturated carbocycles. The second-order valence-electron chi connectivity index (χ2n) is 3.86. The van der Waals surface area contributed by atoms with E-state index in [0.717, 1.165) is 6.42 Å². The van der Waals surface area contributed by atoms with E-state index in [-0.39, 0.29) is 0 Å². The van der Waals surface area contributed by atoms with E-state index in [9.17, 15) is 0 Å². The molecule has 0 heterocycles. The van der Waals surface area contributed by atoms with Crippen LogP contribution in [0.2, 0.25) is 0 Å². The predicted octanol–water partition coefficient (Wildman–Crippen LogP) is 3.00. The Hall–Kier alpha value is -0.300. The van der Waals surface area contributed by atoms with Gasteiger partial charge in [-0.2, -0.15) is 0 Å². The summed E-state index contributed by atoms with van der Waals surface area (Å²) < 4.78 is 0. The van der Waals surface area contributed by atoms with Crippen LogP contribution >= 0.6 is 0 Å². The van der Waals surface area contributed by atoms with E-state index in [0.29, 0.717) is 6.04 Å². The zero-order valence-corrected chi connectivity index (χ0v) is 8.18. The summed E-state index contributed by atoms with van der Waals surface area (Å²) in [5.74, 6) is 0. The molecule has 1 rings (SSSR count). The van der Waals surface area contributed by atoms with E-state index in [1.807, 2.05) is 0 Å². The number of rotatable bonds is 3. The average Bonchev–Trinajstić information content (AvgIpc) is 2.05. The van der Waals surface area contributed by atoms with Gasteiger partial charge in [0.05, 0.1) is 0 Å². The fourth-order valence-corrected chi connectivity index (χ4v) is 1.83. The van der Waals surface area contributed by atoms with Gasteiger partial charge in [0.1, 0.15) is 0 Å². The van der Waals surface area contributed by atoms with Crippen LogP contribution in [0.25, 0.3) is 0 Å². The van der Waals surface area contributed by atoms with Crippen LogP contribution in [0.15, 0.2) is 11.6 Å². The highest BCUT2D eigenvalue weighted by atomic mass is 14.6. The topological polar surface area (TPSA) is 26.0 Å².